The lowest BCUT2D eigenvalue weighted by Gasteiger charge is -2.14. The molecule has 1 saturated carbocycles. The molecule has 0 heterocycles. The fourth-order valence-corrected chi connectivity index (χ4v) is 2.24. The largest absolute Gasteiger partial charge is 0.494 e. The van der Waals surface area contributed by atoms with Crippen LogP contribution in [-0.4, -0.2) is 19.7 Å². The predicted molar refractivity (Wildman–Crippen MR) is 74.8 cm³/mol. The maximum absolute atomic E-state index is 5.77. The number of benzene rings is 1. The van der Waals surface area contributed by atoms with Gasteiger partial charge in [-0.05, 0) is 55.8 Å². The van der Waals surface area contributed by atoms with E-state index in [-0.39, 0.29) is 0 Å². The Balaban J connectivity index is 1.84. The van der Waals surface area contributed by atoms with Crippen molar-refractivity contribution in [3.63, 3.8) is 0 Å². The molecule has 3 N–H and O–H groups in total. The highest BCUT2D eigenvalue weighted by Gasteiger charge is 2.40. The topological polar surface area (TPSA) is 47.3 Å². The van der Waals surface area contributed by atoms with Gasteiger partial charge in [-0.3, -0.25) is 0 Å². The van der Waals surface area contributed by atoms with Crippen LogP contribution >= 0.6 is 0 Å². The highest BCUT2D eigenvalue weighted by atomic mass is 16.5. The number of aryl methyl sites for hydroxylation is 1. The summed E-state index contributed by atoms with van der Waals surface area (Å²) < 4.78 is 5.54. The molecule has 0 aromatic heterocycles. The fourth-order valence-electron chi connectivity index (χ4n) is 2.24. The van der Waals surface area contributed by atoms with Crippen molar-refractivity contribution in [3.8, 4) is 5.75 Å². The van der Waals surface area contributed by atoms with Crippen LogP contribution in [0.25, 0.3) is 0 Å². The Labute approximate surface area is 110 Å². The maximum atomic E-state index is 5.77. The van der Waals surface area contributed by atoms with Gasteiger partial charge in [-0.1, -0.05) is 12.1 Å². The third-order valence-electron chi connectivity index (χ3n) is 3.76. The second-order valence-electron chi connectivity index (χ2n) is 5.34. The monoisotopic (exact) mass is 248 g/mol. The zero-order chi connectivity index (χ0) is 13.0. The summed E-state index contributed by atoms with van der Waals surface area (Å²) in [5, 5.41) is 3.51. The van der Waals surface area contributed by atoms with E-state index >= 15 is 0 Å². The molecule has 18 heavy (non-hydrogen) atoms. The number of rotatable bonds is 7. The van der Waals surface area contributed by atoms with Crippen molar-refractivity contribution in [3.05, 3.63) is 29.3 Å². The molecule has 0 aliphatic heterocycles. The molecule has 100 valence electrons. The average molecular weight is 248 g/mol. The molecule has 0 bridgehead atoms. The number of hydrogen-bond donors (Lipinski definition) is 2. The molecule has 0 unspecified atom stereocenters. The van der Waals surface area contributed by atoms with Gasteiger partial charge in [0, 0.05) is 13.1 Å². The van der Waals surface area contributed by atoms with Gasteiger partial charge in [0.2, 0.25) is 0 Å². The van der Waals surface area contributed by atoms with Crippen LogP contribution < -0.4 is 15.8 Å². The highest BCUT2D eigenvalue weighted by molar-refractivity contribution is 5.36. The summed E-state index contributed by atoms with van der Waals surface area (Å²) in [4.78, 5) is 0. The van der Waals surface area contributed by atoms with Gasteiger partial charge in [-0.25, -0.2) is 0 Å². The van der Waals surface area contributed by atoms with E-state index in [1.807, 2.05) is 6.92 Å². The lowest BCUT2D eigenvalue weighted by Crippen LogP contribution is -2.29. The quantitative estimate of drug-likeness (QED) is 0.778. The zero-order valence-electron chi connectivity index (χ0n) is 11.5. The van der Waals surface area contributed by atoms with Crippen LogP contribution in [0.3, 0.4) is 0 Å². The smallest absolute Gasteiger partial charge is 0.122 e. The summed E-state index contributed by atoms with van der Waals surface area (Å²) in [6, 6.07) is 6.39. The van der Waals surface area contributed by atoms with Crippen LogP contribution in [0.4, 0.5) is 0 Å². The standard InChI is InChI=1S/C15H24N2O/c1-3-18-14-5-4-13(8-12(14)2)9-17-11-15(10-16)6-7-15/h4-5,8,17H,3,6-7,9-11,16H2,1-2H3. The lowest BCUT2D eigenvalue weighted by molar-refractivity contribution is 0.337. The van der Waals surface area contributed by atoms with Gasteiger partial charge in [0.05, 0.1) is 6.61 Å². The SMILES string of the molecule is CCOc1ccc(CNCC2(CN)CC2)cc1C. The average Bonchev–Trinajstić information content (AvgIpc) is 3.13. The van der Waals surface area contributed by atoms with Crippen molar-refractivity contribution in [2.45, 2.75) is 33.2 Å². The second kappa shape index (κ2) is 5.72. The van der Waals surface area contributed by atoms with Crippen LogP contribution in [0, 0.1) is 12.3 Å². The van der Waals surface area contributed by atoms with E-state index in [0.717, 1.165) is 32.0 Å². The highest BCUT2D eigenvalue weighted by Crippen LogP contribution is 2.43. The Morgan fingerprint density at radius 3 is 2.72 bits per heavy atom. The predicted octanol–water partition coefficient (Wildman–Crippen LogP) is 2.22. The number of ether oxygens (including phenoxy) is 1. The van der Waals surface area contributed by atoms with E-state index in [1.165, 1.54) is 24.0 Å². The van der Waals surface area contributed by atoms with Crippen molar-refractivity contribution in [2.24, 2.45) is 11.1 Å². The van der Waals surface area contributed by atoms with E-state index in [1.54, 1.807) is 0 Å². The number of hydrogen-bond acceptors (Lipinski definition) is 3. The Morgan fingerprint density at radius 1 is 1.39 bits per heavy atom. The van der Waals surface area contributed by atoms with Crippen molar-refractivity contribution < 1.29 is 4.74 Å². The minimum absolute atomic E-state index is 0.403. The summed E-state index contributed by atoms with van der Waals surface area (Å²) in [5.41, 5.74) is 8.69. The van der Waals surface area contributed by atoms with E-state index < -0.39 is 0 Å². The Morgan fingerprint density at radius 2 is 2.17 bits per heavy atom. The molecule has 3 heteroatoms. The van der Waals surface area contributed by atoms with Crippen molar-refractivity contribution in [2.75, 3.05) is 19.7 Å². The molecule has 0 atom stereocenters. The molecule has 3 nitrogen and oxygen atoms in total. The van der Waals surface area contributed by atoms with Crippen LogP contribution in [0.2, 0.25) is 0 Å². The summed E-state index contributed by atoms with van der Waals surface area (Å²) in [7, 11) is 0. The Hall–Kier alpha value is -1.06. The summed E-state index contributed by atoms with van der Waals surface area (Å²) in [5.74, 6) is 0.988. The van der Waals surface area contributed by atoms with Gasteiger partial charge in [0.1, 0.15) is 5.75 Å². The molecule has 0 saturated heterocycles. The van der Waals surface area contributed by atoms with E-state index in [9.17, 15) is 0 Å². The van der Waals surface area contributed by atoms with E-state index in [2.05, 4.69) is 30.4 Å². The summed E-state index contributed by atoms with van der Waals surface area (Å²) in [6.07, 6.45) is 2.55. The van der Waals surface area contributed by atoms with Crippen LogP contribution in [0.1, 0.15) is 30.9 Å². The van der Waals surface area contributed by atoms with Crippen LogP contribution in [0.5, 0.6) is 5.75 Å². The van der Waals surface area contributed by atoms with Gasteiger partial charge in [0.15, 0.2) is 0 Å². The first kappa shape index (κ1) is 13.4. The first-order valence-electron chi connectivity index (χ1n) is 6.82. The first-order valence-corrected chi connectivity index (χ1v) is 6.82. The van der Waals surface area contributed by atoms with Gasteiger partial charge in [-0.2, -0.15) is 0 Å². The molecule has 0 amide bonds. The molecule has 1 fully saturated rings. The normalized spacial score (nSPS) is 16.6. The van der Waals surface area contributed by atoms with Gasteiger partial charge in [0.25, 0.3) is 0 Å². The molecular weight excluding hydrogens is 224 g/mol. The summed E-state index contributed by atoms with van der Waals surface area (Å²) in [6.45, 7) is 7.58. The minimum Gasteiger partial charge on any atom is -0.494 e. The summed E-state index contributed by atoms with van der Waals surface area (Å²) >= 11 is 0. The van der Waals surface area contributed by atoms with Gasteiger partial charge >= 0.3 is 0 Å². The molecule has 1 aromatic rings. The lowest BCUT2D eigenvalue weighted by atomic mass is 10.1. The van der Waals surface area contributed by atoms with Crippen LogP contribution in [0.15, 0.2) is 18.2 Å². The minimum atomic E-state index is 0.403. The third kappa shape index (κ3) is 3.24. The molecule has 0 radical (unpaired) electrons. The van der Waals surface area contributed by atoms with E-state index in [4.69, 9.17) is 10.5 Å². The van der Waals surface area contributed by atoms with E-state index in [0.29, 0.717) is 5.41 Å². The Bertz CT molecular complexity index is 399. The molecule has 2 rings (SSSR count). The molecule has 1 aromatic carbocycles. The molecule has 0 spiro atoms. The van der Waals surface area contributed by atoms with Crippen molar-refractivity contribution in [1.29, 1.82) is 0 Å². The zero-order valence-corrected chi connectivity index (χ0v) is 11.5. The number of nitrogens with one attached hydrogen (secondary N) is 1. The maximum Gasteiger partial charge on any atom is 0.122 e. The first-order chi connectivity index (χ1) is 8.69. The van der Waals surface area contributed by atoms with Crippen LogP contribution in [-0.2, 0) is 6.54 Å². The van der Waals surface area contributed by atoms with Gasteiger partial charge < -0.3 is 15.8 Å². The van der Waals surface area contributed by atoms with Crippen molar-refractivity contribution in [1.82, 2.24) is 5.32 Å². The number of nitrogens with two attached hydrogens (primary N) is 1. The molecular formula is C15H24N2O. The molecule has 1 aliphatic carbocycles. The van der Waals surface area contributed by atoms with Crippen molar-refractivity contribution >= 4 is 0 Å². The fraction of sp³-hybridized carbons (Fsp3) is 0.600. The Kier molecular flexibility index (Phi) is 4.25. The third-order valence-corrected chi connectivity index (χ3v) is 3.76. The molecule has 1 aliphatic rings. The van der Waals surface area contributed by atoms with Gasteiger partial charge in [-0.15, -0.1) is 0 Å². The second-order valence-corrected chi connectivity index (χ2v) is 5.34.